The highest BCUT2D eigenvalue weighted by molar-refractivity contribution is 5.85. The van der Waals surface area contributed by atoms with Gasteiger partial charge in [-0.05, 0) is 36.6 Å². The number of morpholine rings is 1. The fourth-order valence-corrected chi connectivity index (χ4v) is 7.53. The number of aromatic nitrogens is 3. The van der Waals surface area contributed by atoms with Crippen LogP contribution in [0.15, 0.2) is 67.1 Å². The number of benzene rings is 1. The molecule has 3 atom stereocenters. The minimum atomic E-state index is 0.188. The Bertz CT molecular complexity index is 1740. The molecule has 0 spiro atoms. The number of nitriles is 1. The standard InChI is InChI=1S/C35H38N8O3/c36-18-28-20-38-42-24-31(46-15-12-39-10-13-45-14-11-39)17-32(34(28)42)26-6-7-33(37-19-26)41-22-29-16-30(23-41)43(29)35(44)40-9-8-27(21-40)25-4-2-1-3-5-25/h1-7,17,19-20,24,27,29-30H,8-16,21-23H2/t27-,29?,30?/m1/s1. The summed E-state index contributed by atoms with van der Waals surface area (Å²) in [6, 6.07) is 19.5. The first-order chi connectivity index (χ1) is 22.6. The van der Waals surface area contributed by atoms with Gasteiger partial charge in [-0.1, -0.05) is 30.3 Å². The molecule has 1 aromatic carbocycles. The van der Waals surface area contributed by atoms with Crippen LogP contribution in [0.4, 0.5) is 10.6 Å². The van der Waals surface area contributed by atoms with Gasteiger partial charge in [0.1, 0.15) is 24.2 Å². The monoisotopic (exact) mass is 618 g/mol. The lowest BCUT2D eigenvalue weighted by molar-refractivity contribution is 0.0213. The summed E-state index contributed by atoms with van der Waals surface area (Å²) in [6.07, 6.45) is 7.36. The maximum atomic E-state index is 13.5. The van der Waals surface area contributed by atoms with Crippen LogP contribution < -0.4 is 9.64 Å². The molecule has 2 bridgehead atoms. The first-order valence-electron chi connectivity index (χ1n) is 16.3. The Labute approximate surface area is 268 Å². The number of anilines is 1. The molecule has 3 aromatic heterocycles. The number of piperidine rings is 1. The van der Waals surface area contributed by atoms with Crippen molar-refractivity contribution in [3.8, 4) is 22.9 Å². The van der Waals surface area contributed by atoms with E-state index in [0.29, 0.717) is 23.8 Å². The van der Waals surface area contributed by atoms with Crippen LogP contribution in [0, 0.1) is 11.3 Å². The van der Waals surface area contributed by atoms with Crippen LogP contribution in [0.25, 0.3) is 16.6 Å². The zero-order valence-electron chi connectivity index (χ0n) is 25.9. The summed E-state index contributed by atoms with van der Waals surface area (Å²) in [4.78, 5) is 27.2. The molecule has 236 valence electrons. The summed E-state index contributed by atoms with van der Waals surface area (Å²) >= 11 is 0. The van der Waals surface area contributed by atoms with E-state index in [1.54, 1.807) is 10.7 Å². The maximum absolute atomic E-state index is 13.5. The van der Waals surface area contributed by atoms with Crippen molar-refractivity contribution in [2.45, 2.75) is 30.8 Å². The average Bonchev–Trinajstić information content (AvgIpc) is 3.77. The molecule has 4 aromatic rings. The lowest BCUT2D eigenvalue weighted by Crippen LogP contribution is -2.72. The van der Waals surface area contributed by atoms with Gasteiger partial charge in [0.2, 0.25) is 0 Å². The maximum Gasteiger partial charge on any atom is 0.320 e. The molecular weight excluding hydrogens is 580 g/mol. The number of carbonyl (C=O) groups is 1. The number of hydrogen-bond acceptors (Lipinski definition) is 8. The van der Waals surface area contributed by atoms with E-state index >= 15 is 0 Å². The largest absolute Gasteiger partial charge is 0.491 e. The number of carbonyl (C=O) groups excluding carboxylic acids is 1. The van der Waals surface area contributed by atoms with Crippen molar-refractivity contribution in [3.63, 3.8) is 0 Å². The summed E-state index contributed by atoms with van der Waals surface area (Å²) in [5.41, 5.74) is 4.32. The molecular formula is C35H38N8O3. The van der Waals surface area contributed by atoms with E-state index in [-0.39, 0.29) is 18.1 Å². The van der Waals surface area contributed by atoms with Gasteiger partial charge in [-0.3, -0.25) is 4.90 Å². The second-order valence-corrected chi connectivity index (χ2v) is 12.7. The van der Waals surface area contributed by atoms with Crippen LogP contribution in [0.3, 0.4) is 0 Å². The molecule has 2 amide bonds. The molecule has 0 aliphatic carbocycles. The van der Waals surface area contributed by atoms with Crippen LogP contribution in [0.5, 0.6) is 5.75 Å². The van der Waals surface area contributed by atoms with Crippen LogP contribution >= 0.6 is 0 Å². The Morgan fingerprint density at radius 2 is 1.85 bits per heavy atom. The van der Waals surface area contributed by atoms with E-state index in [4.69, 9.17) is 14.5 Å². The predicted molar refractivity (Wildman–Crippen MR) is 173 cm³/mol. The van der Waals surface area contributed by atoms with Crippen LogP contribution in [0.2, 0.25) is 0 Å². The van der Waals surface area contributed by atoms with Gasteiger partial charge in [0, 0.05) is 69.1 Å². The second-order valence-electron chi connectivity index (χ2n) is 12.7. The van der Waals surface area contributed by atoms with E-state index in [9.17, 15) is 10.1 Å². The highest BCUT2D eigenvalue weighted by atomic mass is 16.5. The summed E-state index contributed by atoms with van der Waals surface area (Å²) < 4.78 is 13.3. The summed E-state index contributed by atoms with van der Waals surface area (Å²) in [6.45, 7) is 7.89. The molecule has 2 unspecified atom stereocenters. The third-order valence-corrected chi connectivity index (χ3v) is 10.0. The molecule has 5 aliphatic rings. The van der Waals surface area contributed by atoms with Crippen molar-refractivity contribution < 1.29 is 14.3 Å². The van der Waals surface area contributed by atoms with Gasteiger partial charge in [0.15, 0.2) is 0 Å². The molecule has 5 aliphatic heterocycles. The minimum absolute atomic E-state index is 0.188. The van der Waals surface area contributed by atoms with Gasteiger partial charge in [-0.2, -0.15) is 10.4 Å². The van der Waals surface area contributed by atoms with Gasteiger partial charge >= 0.3 is 6.03 Å². The number of ether oxygens (including phenoxy) is 2. The lowest BCUT2D eigenvalue weighted by Gasteiger charge is -2.57. The fourth-order valence-electron chi connectivity index (χ4n) is 7.53. The first-order valence-corrected chi connectivity index (χ1v) is 16.3. The van der Waals surface area contributed by atoms with E-state index in [1.807, 2.05) is 35.5 Å². The van der Waals surface area contributed by atoms with E-state index in [0.717, 1.165) is 94.3 Å². The van der Waals surface area contributed by atoms with Crippen molar-refractivity contribution in [1.29, 1.82) is 5.26 Å². The number of amides is 2. The third kappa shape index (κ3) is 5.42. The topological polar surface area (TPSA) is 102 Å². The van der Waals surface area contributed by atoms with Crippen molar-refractivity contribution in [1.82, 2.24) is 29.3 Å². The van der Waals surface area contributed by atoms with E-state index in [2.05, 4.69) is 56.2 Å². The number of hydrogen-bond donors (Lipinski definition) is 0. The molecule has 5 fully saturated rings. The normalized spacial score (nSPS) is 22.9. The number of urea groups is 1. The molecule has 11 heteroatoms. The summed E-state index contributed by atoms with van der Waals surface area (Å²) in [5.74, 6) is 2.01. The Balaban J connectivity index is 0.938. The quantitative estimate of drug-likeness (QED) is 0.308. The molecule has 46 heavy (non-hydrogen) atoms. The van der Waals surface area contributed by atoms with Gasteiger partial charge in [0.05, 0.1) is 48.8 Å². The third-order valence-electron chi connectivity index (χ3n) is 10.0. The number of rotatable bonds is 7. The minimum Gasteiger partial charge on any atom is -0.491 e. The van der Waals surface area contributed by atoms with Gasteiger partial charge < -0.3 is 24.2 Å². The number of pyridine rings is 2. The van der Waals surface area contributed by atoms with Crippen molar-refractivity contribution in [3.05, 3.63) is 78.2 Å². The fraction of sp³-hybridized carbons (Fsp3) is 0.429. The zero-order valence-corrected chi connectivity index (χ0v) is 25.9. The Hall–Kier alpha value is -4.66. The van der Waals surface area contributed by atoms with E-state index in [1.165, 1.54) is 5.56 Å². The number of fused-ring (bicyclic) bond motifs is 3. The van der Waals surface area contributed by atoms with Crippen molar-refractivity contribution in [2.24, 2.45) is 0 Å². The molecule has 0 N–H and O–H groups in total. The van der Waals surface area contributed by atoms with Gasteiger partial charge in [-0.25, -0.2) is 14.3 Å². The Morgan fingerprint density at radius 3 is 2.61 bits per heavy atom. The van der Waals surface area contributed by atoms with Crippen molar-refractivity contribution >= 4 is 17.4 Å². The molecule has 5 saturated heterocycles. The van der Waals surface area contributed by atoms with E-state index < -0.39 is 0 Å². The smallest absolute Gasteiger partial charge is 0.320 e. The van der Waals surface area contributed by atoms with Gasteiger partial charge in [-0.15, -0.1) is 0 Å². The molecule has 0 saturated carbocycles. The number of piperazine rings is 1. The number of likely N-dealkylation sites (tertiary alicyclic amines) is 1. The summed E-state index contributed by atoms with van der Waals surface area (Å²) in [7, 11) is 0. The molecule has 8 heterocycles. The number of nitrogens with zero attached hydrogens (tertiary/aromatic N) is 8. The van der Waals surface area contributed by atoms with Crippen LogP contribution in [0.1, 0.15) is 29.9 Å². The zero-order chi connectivity index (χ0) is 31.0. The second kappa shape index (κ2) is 12.3. The summed E-state index contributed by atoms with van der Waals surface area (Å²) in [5, 5.41) is 14.2. The highest BCUT2D eigenvalue weighted by Gasteiger charge is 2.49. The Morgan fingerprint density at radius 1 is 1.02 bits per heavy atom. The lowest BCUT2D eigenvalue weighted by atomic mass is 9.87. The molecule has 9 rings (SSSR count). The SMILES string of the molecule is N#Cc1cnn2cc(OCCN3CCOCC3)cc(-c3ccc(N4CC5CC(C4)N5C(=O)N4CC[C@@H](c5ccccc5)C4)nc3)c12. The highest BCUT2D eigenvalue weighted by Crippen LogP contribution is 2.38. The van der Waals surface area contributed by atoms with Crippen molar-refractivity contribution in [2.75, 3.05) is 70.5 Å². The Kier molecular flexibility index (Phi) is 7.68. The molecule has 11 nitrogen and oxygen atoms in total. The molecule has 0 radical (unpaired) electrons. The predicted octanol–water partition coefficient (Wildman–Crippen LogP) is 3.85. The van der Waals surface area contributed by atoms with Crippen LogP contribution in [-0.4, -0.2) is 113 Å². The van der Waals surface area contributed by atoms with Gasteiger partial charge in [0.25, 0.3) is 0 Å². The van der Waals surface area contributed by atoms with Crippen LogP contribution in [-0.2, 0) is 4.74 Å². The first kappa shape index (κ1) is 28.8. The average molecular weight is 619 g/mol.